The number of carbonyl (C=O) groups excluding carboxylic acids is 1. The number of nitrogens with one attached hydrogen (secondary N) is 1. The Morgan fingerprint density at radius 1 is 1.18 bits per heavy atom. The smallest absolute Gasteiger partial charge is 0.223 e. The van der Waals surface area contributed by atoms with Gasteiger partial charge < -0.3 is 9.88 Å². The molecule has 0 aliphatic carbocycles. The van der Waals surface area contributed by atoms with Crippen LogP contribution in [0.2, 0.25) is 0 Å². The van der Waals surface area contributed by atoms with Crippen molar-refractivity contribution in [3.05, 3.63) is 60.0 Å². The topological polar surface area (TPSA) is 61.9 Å². The molecule has 1 N–H and O–H groups in total. The molecule has 1 aliphatic rings. The number of H-pyrrole nitrogens is 1. The van der Waals surface area contributed by atoms with Gasteiger partial charge in [0.2, 0.25) is 5.91 Å². The van der Waals surface area contributed by atoms with E-state index in [1.807, 2.05) is 29.2 Å². The molecule has 5 heteroatoms. The molecule has 4 rings (SSSR count). The first-order valence-corrected chi connectivity index (χ1v) is 7.41. The molecular weight excluding hydrogens is 276 g/mol. The quantitative estimate of drug-likeness (QED) is 0.806. The summed E-state index contributed by atoms with van der Waals surface area (Å²) in [5, 5.41) is 0. The molecule has 1 fully saturated rings. The molecule has 110 valence electrons. The van der Waals surface area contributed by atoms with Crippen molar-refractivity contribution < 1.29 is 4.79 Å². The van der Waals surface area contributed by atoms with Gasteiger partial charge in [-0.25, -0.2) is 9.97 Å². The van der Waals surface area contributed by atoms with Crippen molar-refractivity contribution in [1.82, 2.24) is 19.9 Å². The van der Waals surface area contributed by atoms with Crippen LogP contribution in [0.25, 0.3) is 11.2 Å². The van der Waals surface area contributed by atoms with Gasteiger partial charge in [-0.05, 0) is 11.6 Å². The molecule has 5 nitrogen and oxygen atoms in total. The van der Waals surface area contributed by atoms with E-state index < -0.39 is 0 Å². The SMILES string of the molecule is O=C1CC(c2ccccc2)CN1Cc1ccnc2[nH]cnc12. The van der Waals surface area contributed by atoms with E-state index in [0.717, 1.165) is 23.3 Å². The molecule has 1 unspecified atom stereocenters. The van der Waals surface area contributed by atoms with Gasteiger partial charge in [-0.2, -0.15) is 0 Å². The molecule has 3 heterocycles. The standard InChI is InChI=1S/C17H16N4O/c22-15-8-14(12-4-2-1-3-5-12)10-21(15)9-13-6-7-18-17-16(13)19-11-20-17/h1-7,11,14H,8-10H2,(H,18,19,20). The Balaban J connectivity index is 1.56. The number of hydrogen-bond acceptors (Lipinski definition) is 3. The number of amides is 1. The van der Waals surface area contributed by atoms with Crippen molar-refractivity contribution in [2.24, 2.45) is 0 Å². The number of hydrogen-bond donors (Lipinski definition) is 1. The minimum Gasteiger partial charge on any atom is -0.338 e. The van der Waals surface area contributed by atoms with Crippen LogP contribution in [0.3, 0.4) is 0 Å². The molecular formula is C17H16N4O. The molecule has 22 heavy (non-hydrogen) atoms. The lowest BCUT2D eigenvalue weighted by molar-refractivity contribution is -0.128. The average molecular weight is 292 g/mol. The van der Waals surface area contributed by atoms with Gasteiger partial charge in [0.15, 0.2) is 5.65 Å². The zero-order chi connectivity index (χ0) is 14.9. The molecule has 3 aromatic rings. The molecule has 0 spiro atoms. The average Bonchev–Trinajstić information content (AvgIpc) is 3.16. The van der Waals surface area contributed by atoms with Crippen LogP contribution in [-0.2, 0) is 11.3 Å². The molecule has 0 saturated carbocycles. The van der Waals surface area contributed by atoms with Crippen LogP contribution in [0.1, 0.15) is 23.5 Å². The van der Waals surface area contributed by atoms with Crippen LogP contribution in [0.5, 0.6) is 0 Å². The van der Waals surface area contributed by atoms with E-state index in [0.29, 0.717) is 13.0 Å². The van der Waals surface area contributed by atoms with Crippen LogP contribution in [0.4, 0.5) is 0 Å². The van der Waals surface area contributed by atoms with Gasteiger partial charge in [-0.1, -0.05) is 30.3 Å². The Morgan fingerprint density at radius 2 is 2.05 bits per heavy atom. The van der Waals surface area contributed by atoms with Crippen molar-refractivity contribution in [3.63, 3.8) is 0 Å². The number of rotatable bonds is 3. The number of aromatic nitrogens is 3. The summed E-state index contributed by atoms with van der Waals surface area (Å²) in [5.41, 5.74) is 3.88. The highest BCUT2D eigenvalue weighted by molar-refractivity contribution is 5.81. The Morgan fingerprint density at radius 3 is 2.91 bits per heavy atom. The third kappa shape index (κ3) is 2.24. The van der Waals surface area contributed by atoms with Crippen molar-refractivity contribution in [1.29, 1.82) is 0 Å². The number of carbonyl (C=O) groups is 1. The van der Waals surface area contributed by atoms with E-state index in [9.17, 15) is 4.79 Å². The molecule has 1 aromatic carbocycles. The maximum absolute atomic E-state index is 12.3. The predicted octanol–water partition coefficient (Wildman–Crippen LogP) is 2.47. The number of aromatic amines is 1. The van der Waals surface area contributed by atoms with E-state index >= 15 is 0 Å². The summed E-state index contributed by atoms with van der Waals surface area (Å²) in [5.74, 6) is 0.486. The second-order valence-electron chi connectivity index (χ2n) is 5.66. The highest BCUT2D eigenvalue weighted by Crippen LogP contribution is 2.29. The Labute approximate surface area is 128 Å². The van der Waals surface area contributed by atoms with E-state index in [1.54, 1.807) is 12.5 Å². The lowest BCUT2D eigenvalue weighted by atomic mass is 9.99. The fourth-order valence-electron chi connectivity index (χ4n) is 3.11. The Bertz CT molecular complexity index is 812. The van der Waals surface area contributed by atoms with Crippen molar-refractivity contribution in [2.45, 2.75) is 18.9 Å². The monoisotopic (exact) mass is 292 g/mol. The van der Waals surface area contributed by atoms with E-state index in [-0.39, 0.29) is 11.8 Å². The highest BCUT2D eigenvalue weighted by Gasteiger charge is 2.30. The third-order valence-electron chi connectivity index (χ3n) is 4.25. The first-order chi connectivity index (χ1) is 10.8. The molecule has 1 saturated heterocycles. The van der Waals surface area contributed by atoms with Crippen LogP contribution >= 0.6 is 0 Å². The molecule has 1 atom stereocenters. The number of benzene rings is 1. The van der Waals surface area contributed by atoms with Gasteiger partial charge in [-0.15, -0.1) is 0 Å². The normalized spacial score (nSPS) is 18.3. The van der Waals surface area contributed by atoms with Crippen molar-refractivity contribution in [3.8, 4) is 0 Å². The van der Waals surface area contributed by atoms with Gasteiger partial charge >= 0.3 is 0 Å². The van der Waals surface area contributed by atoms with Crippen LogP contribution < -0.4 is 0 Å². The van der Waals surface area contributed by atoms with Crippen molar-refractivity contribution in [2.75, 3.05) is 6.54 Å². The minimum absolute atomic E-state index is 0.203. The lowest BCUT2D eigenvalue weighted by Gasteiger charge is -2.17. The van der Waals surface area contributed by atoms with Crippen LogP contribution in [0.15, 0.2) is 48.9 Å². The fourth-order valence-corrected chi connectivity index (χ4v) is 3.11. The zero-order valence-electron chi connectivity index (χ0n) is 12.1. The summed E-state index contributed by atoms with van der Waals surface area (Å²) in [4.78, 5) is 25.8. The second kappa shape index (κ2) is 5.26. The van der Waals surface area contributed by atoms with Crippen LogP contribution in [-0.4, -0.2) is 32.3 Å². The molecule has 1 aliphatic heterocycles. The second-order valence-corrected chi connectivity index (χ2v) is 5.66. The Hall–Kier alpha value is -2.69. The van der Waals surface area contributed by atoms with E-state index in [2.05, 4.69) is 27.1 Å². The van der Waals surface area contributed by atoms with E-state index in [1.165, 1.54) is 5.56 Å². The third-order valence-corrected chi connectivity index (χ3v) is 4.25. The summed E-state index contributed by atoms with van der Waals surface area (Å²) in [7, 11) is 0. The molecule has 2 aromatic heterocycles. The van der Waals surface area contributed by atoms with Gasteiger partial charge in [-0.3, -0.25) is 4.79 Å². The number of imidazole rings is 1. The van der Waals surface area contributed by atoms with Crippen LogP contribution in [0, 0.1) is 0 Å². The number of fused-ring (bicyclic) bond motifs is 1. The summed E-state index contributed by atoms with van der Waals surface area (Å²) < 4.78 is 0. The zero-order valence-corrected chi connectivity index (χ0v) is 12.1. The number of likely N-dealkylation sites (tertiary alicyclic amines) is 1. The minimum atomic E-state index is 0.203. The maximum Gasteiger partial charge on any atom is 0.223 e. The first-order valence-electron chi connectivity index (χ1n) is 7.41. The largest absolute Gasteiger partial charge is 0.338 e. The fraction of sp³-hybridized carbons (Fsp3) is 0.235. The predicted molar refractivity (Wildman–Crippen MR) is 83.1 cm³/mol. The van der Waals surface area contributed by atoms with Gasteiger partial charge in [0.05, 0.1) is 6.33 Å². The van der Waals surface area contributed by atoms with E-state index in [4.69, 9.17) is 0 Å². The molecule has 1 amide bonds. The summed E-state index contributed by atoms with van der Waals surface area (Å²) in [6.45, 7) is 1.35. The Kier molecular flexibility index (Phi) is 3.11. The number of nitrogens with zero attached hydrogens (tertiary/aromatic N) is 3. The molecule has 0 bridgehead atoms. The lowest BCUT2D eigenvalue weighted by Crippen LogP contribution is -2.24. The van der Waals surface area contributed by atoms with Gasteiger partial charge in [0.25, 0.3) is 0 Å². The van der Waals surface area contributed by atoms with Gasteiger partial charge in [0.1, 0.15) is 5.52 Å². The summed E-state index contributed by atoms with van der Waals surface area (Å²) in [6, 6.07) is 12.2. The number of pyridine rings is 1. The summed E-state index contributed by atoms with van der Waals surface area (Å²) in [6.07, 6.45) is 3.98. The summed E-state index contributed by atoms with van der Waals surface area (Å²) >= 11 is 0. The maximum atomic E-state index is 12.3. The van der Waals surface area contributed by atoms with Crippen molar-refractivity contribution >= 4 is 17.1 Å². The molecule has 0 radical (unpaired) electrons. The first kappa shape index (κ1) is 13.0. The van der Waals surface area contributed by atoms with Gasteiger partial charge in [0, 0.05) is 37.2 Å². The highest BCUT2D eigenvalue weighted by atomic mass is 16.2.